The highest BCUT2D eigenvalue weighted by Crippen LogP contribution is 2.23. The van der Waals surface area contributed by atoms with E-state index in [4.69, 9.17) is 0 Å². The van der Waals surface area contributed by atoms with Gasteiger partial charge in [0.2, 0.25) is 0 Å². The number of hydrogen-bond acceptors (Lipinski definition) is 6. The number of aliphatic hydroxyl groups is 1. The SMILES string of the molecule is O=[N+]([O-])c1cccc(C(O)CN2CCN(c3cccc(O)c3)CC2)c1. The summed E-state index contributed by atoms with van der Waals surface area (Å²) in [5.74, 6) is 0.251. The van der Waals surface area contributed by atoms with Crippen LogP contribution in [0.3, 0.4) is 0 Å². The molecule has 1 aliphatic heterocycles. The number of aromatic hydroxyl groups is 1. The summed E-state index contributed by atoms with van der Waals surface area (Å²) in [5.41, 5.74) is 1.54. The van der Waals surface area contributed by atoms with Gasteiger partial charge in [-0.3, -0.25) is 15.0 Å². The van der Waals surface area contributed by atoms with Gasteiger partial charge < -0.3 is 15.1 Å². The first kappa shape index (κ1) is 17.2. The van der Waals surface area contributed by atoms with Crippen molar-refractivity contribution < 1.29 is 15.1 Å². The van der Waals surface area contributed by atoms with Crippen LogP contribution >= 0.6 is 0 Å². The molecular weight excluding hydrogens is 322 g/mol. The summed E-state index contributed by atoms with van der Waals surface area (Å²) >= 11 is 0. The molecule has 1 unspecified atom stereocenters. The van der Waals surface area contributed by atoms with E-state index in [2.05, 4.69) is 9.80 Å². The molecule has 7 heteroatoms. The third-order valence-electron chi connectivity index (χ3n) is 4.46. The second-order valence-electron chi connectivity index (χ2n) is 6.18. The zero-order chi connectivity index (χ0) is 17.8. The molecule has 0 aliphatic carbocycles. The second kappa shape index (κ2) is 7.50. The van der Waals surface area contributed by atoms with Crippen LogP contribution in [0.5, 0.6) is 5.75 Å². The Morgan fingerprint density at radius 3 is 2.48 bits per heavy atom. The quantitative estimate of drug-likeness (QED) is 0.639. The molecule has 7 nitrogen and oxygen atoms in total. The predicted molar refractivity (Wildman–Crippen MR) is 94.8 cm³/mol. The van der Waals surface area contributed by atoms with E-state index in [-0.39, 0.29) is 11.4 Å². The fourth-order valence-corrected chi connectivity index (χ4v) is 3.07. The lowest BCUT2D eigenvalue weighted by Crippen LogP contribution is -2.47. The fraction of sp³-hybridized carbons (Fsp3) is 0.333. The molecule has 0 amide bonds. The molecule has 3 rings (SSSR count). The van der Waals surface area contributed by atoms with Crippen molar-refractivity contribution in [2.75, 3.05) is 37.6 Å². The number of anilines is 1. The molecule has 0 saturated carbocycles. The molecule has 1 heterocycles. The molecule has 1 saturated heterocycles. The molecule has 1 fully saturated rings. The molecule has 1 atom stereocenters. The fourth-order valence-electron chi connectivity index (χ4n) is 3.07. The first-order chi connectivity index (χ1) is 12.0. The Hall–Kier alpha value is -2.64. The normalized spacial score (nSPS) is 16.6. The van der Waals surface area contributed by atoms with E-state index in [1.54, 1.807) is 24.3 Å². The standard InChI is InChI=1S/C18H21N3O4/c22-17-6-2-4-15(12-17)20-9-7-19(8-10-20)13-18(23)14-3-1-5-16(11-14)21(24)25/h1-6,11-12,18,22-23H,7-10,13H2. The van der Waals surface area contributed by atoms with Crippen molar-refractivity contribution in [3.8, 4) is 5.75 Å². The van der Waals surface area contributed by atoms with Crippen LogP contribution in [0.25, 0.3) is 0 Å². The molecule has 0 aromatic heterocycles. The Morgan fingerprint density at radius 2 is 1.80 bits per heavy atom. The van der Waals surface area contributed by atoms with Crippen molar-refractivity contribution >= 4 is 11.4 Å². The summed E-state index contributed by atoms with van der Waals surface area (Å²) in [6, 6.07) is 13.3. The monoisotopic (exact) mass is 343 g/mol. The number of benzene rings is 2. The summed E-state index contributed by atoms with van der Waals surface area (Å²) in [6.07, 6.45) is -0.757. The minimum Gasteiger partial charge on any atom is -0.508 e. The Labute approximate surface area is 145 Å². The number of β-amino-alcohol motifs (C(OH)–C–C–N with tert-alkyl or cyclic N) is 1. The first-order valence-electron chi connectivity index (χ1n) is 8.21. The molecule has 0 spiro atoms. The molecule has 1 aliphatic rings. The minimum absolute atomic E-state index is 0.00902. The number of aliphatic hydroxyl groups excluding tert-OH is 1. The van der Waals surface area contributed by atoms with Crippen LogP contribution in [0.1, 0.15) is 11.7 Å². The second-order valence-corrected chi connectivity index (χ2v) is 6.18. The van der Waals surface area contributed by atoms with Crippen LogP contribution in [-0.4, -0.2) is 52.8 Å². The van der Waals surface area contributed by atoms with E-state index in [1.807, 2.05) is 12.1 Å². The van der Waals surface area contributed by atoms with E-state index in [0.29, 0.717) is 12.1 Å². The van der Waals surface area contributed by atoms with Gasteiger partial charge in [0.15, 0.2) is 0 Å². The van der Waals surface area contributed by atoms with Crippen molar-refractivity contribution in [1.82, 2.24) is 4.90 Å². The molecule has 2 aromatic carbocycles. The molecule has 2 aromatic rings. The van der Waals surface area contributed by atoms with E-state index in [1.165, 1.54) is 12.1 Å². The maximum atomic E-state index is 10.9. The molecule has 132 valence electrons. The highest BCUT2D eigenvalue weighted by molar-refractivity contribution is 5.50. The van der Waals surface area contributed by atoms with Crippen LogP contribution in [-0.2, 0) is 0 Å². The first-order valence-corrected chi connectivity index (χ1v) is 8.21. The van der Waals surface area contributed by atoms with E-state index < -0.39 is 11.0 Å². The van der Waals surface area contributed by atoms with Gasteiger partial charge in [0.05, 0.1) is 11.0 Å². The number of rotatable bonds is 5. The van der Waals surface area contributed by atoms with Crippen molar-refractivity contribution in [3.63, 3.8) is 0 Å². The Kier molecular flexibility index (Phi) is 5.16. The number of hydrogen-bond donors (Lipinski definition) is 2. The number of nitrogens with zero attached hydrogens (tertiary/aromatic N) is 3. The summed E-state index contributed by atoms with van der Waals surface area (Å²) in [5, 5.41) is 30.8. The van der Waals surface area contributed by atoms with Crippen LogP contribution in [0.4, 0.5) is 11.4 Å². The van der Waals surface area contributed by atoms with Gasteiger partial charge in [0.25, 0.3) is 5.69 Å². The summed E-state index contributed by atoms with van der Waals surface area (Å²) < 4.78 is 0. The third-order valence-corrected chi connectivity index (χ3v) is 4.46. The van der Waals surface area contributed by atoms with Gasteiger partial charge in [-0.1, -0.05) is 18.2 Å². The Bertz CT molecular complexity index is 745. The van der Waals surface area contributed by atoms with Crippen LogP contribution in [0, 0.1) is 10.1 Å². The number of phenolic OH excluding ortho intramolecular Hbond substituents is 1. The predicted octanol–water partition coefficient (Wildman–Crippen LogP) is 2.16. The van der Waals surface area contributed by atoms with E-state index in [0.717, 1.165) is 31.9 Å². The summed E-state index contributed by atoms with van der Waals surface area (Å²) in [6.45, 7) is 3.59. The van der Waals surface area contributed by atoms with Crippen molar-refractivity contribution in [1.29, 1.82) is 0 Å². The Balaban J connectivity index is 1.57. The van der Waals surface area contributed by atoms with Crippen molar-refractivity contribution in [2.45, 2.75) is 6.10 Å². The lowest BCUT2D eigenvalue weighted by Gasteiger charge is -2.37. The number of piperazine rings is 1. The van der Waals surface area contributed by atoms with Crippen molar-refractivity contribution in [2.24, 2.45) is 0 Å². The van der Waals surface area contributed by atoms with Gasteiger partial charge in [-0.2, -0.15) is 0 Å². The topological polar surface area (TPSA) is 90.1 Å². The third kappa shape index (κ3) is 4.26. The van der Waals surface area contributed by atoms with Gasteiger partial charge in [-0.25, -0.2) is 0 Å². The number of nitro groups is 1. The average molecular weight is 343 g/mol. The van der Waals surface area contributed by atoms with Crippen LogP contribution in [0.2, 0.25) is 0 Å². The van der Waals surface area contributed by atoms with Gasteiger partial charge in [-0.15, -0.1) is 0 Å². The average Bonchev–Trinajstić information content (AvgIpc) is 2.62. The Morgan fingerprint density at radius 1 is 1.08 bits per heavy atom. The highest BCUT2D eigenvalue weighted by Gasteiger charge is 2.21. The number of nitro benzene ring substituents is 1. The molecule has 0 radical (unpaired) electrons. The molecule has 25 heavy (non-hydrogen) atoms. The largest absolute Gasteiger partial charge is 0.508 e. The summed E-state index contributed by atoms with van der Waals surface area (Å²) in [4.78, 5) is 14.7. The van der Waals surface area contributed by atoms with Crippen molar-refractivity contribution in [3.05, 3.63) is 64.2 Å². The lowest BCUT2D eigenvalue weighted by atomic mass is 10.1. The smallest absolute Gasteiger partial charge is 0.269 e. The van der Waals surface area contributed by atoms with Gasteiger partial charge in [0, 0.05) is 56.6 Å². The highest BCUT2D eigenvalue weighted by atomic mass is 16.6. The van der Waals surface area contributed by atoms with Gasteiger partial charge in [-0.05, 0) is 17.7 Å². The molecule has 2 N–H and O–H groups in total. The maximum Gasteiger partial charge on any atom is 0.269 e. The van der Waals surface area contributed by atoms with Gasteiger partial charge >= 0.3 is 0 Å². The molecule has 0 bridgehead atoms. The number of non-ortho nitro benzene ring substituents is 1. The van der Waals surface area contributed by atoms with Crippen LogP contribution in [0.15, 0.2) is 48.5 Å². The number of phenols is 1. The van der Waals surface area contributed by atoms with E-state index in [9.17, 15) is 20.3 Å². The minimum atomic E-state index is -0.757. The lowest BCUT2D eigenvalue weighted by molar-refractivity contribution is -0.385. The van der Waals surface area contributed by atoms with E-state index >= 15 is 0 Å². The van der Waals surface area contributed by atoms with Crippen LogP contribution < -0.4 is 4.90 Å². The maximum absolute atomic E-state index is 10.9. The zero-order valence-corrected chi connectivity index (χ0v) is 13.8. The summed E-state index contributed by atoms with van der Waals surface area (Å²) in [7, 11) is 0. The molecular formula is C18H21N3O4. The van der Waals surface area contributed by atoms with Gasteiger partial charge in [0.1, 0.15) is 5.75 Å². The zero-order valence-electron chi connectivity index (χ0n) is 13.8.